The van der Waals surface area contributed by atoms with E-state index in [1.807, 2.05) is 6.07 Å². The van der Waals surface area contributed by atoms with E-state index in [1.165, 1.54) is 16.2 Å². The second-order valence-electron chi connectivity index (χ2n) is 13.4. The SMILES string of the molecule is c1ccc2cc(-c3nc(-c4ccc5ccccc5c4)nc(-c4ccc(-c5cc6ccccc6c6ccccc56)c5oc6ncccc6c45)n3)ccc2c1. The number of hydrogen-bond donors (Lipinski definition) is 0. The van der Waals surface area contributed by atoms with Gasteiger partial charge in [0.15, 0.2) is 17.5 Å². The average molecular weight is 677 g/mol. The van der Waals surface area contributed by atoms with E-state index < -0.39 is 0 Å². The molecule has 0 bridgehead atoms. The van der Waals surface area contributed by atoms with E-state index in [9.17, 15) is 0 Å². The molecule has 0 aliphatic carbocycles. The third kappa shape index (κ3) is 4.79. The lowest BCUT2D eigenvalue weighted by atomic mass is 9.91. The first-order valence-corrected chi connectivity index (χ1v) is 17.7. The van der Waals surface area contributed by atoms with Crippen molar-refractivity contribution in [3.05, 3.63) is 170 Å². The van der Waals surface area contributed by atoms with Crippen molar-refractivity contribution in [1.82, 2.24) is 19.9 Å². The van der Waals surface area contributed by atoms with Crippen LogP contribution in [0.2, 0.25) is 0 Å². The largest absolute Gasteiger partial charge is 0.437 e. The predicted molar refractivity (Wildman–Crippen MR) is 217 cm³/mol. The standard InChI is InChI=1S/C48H28N4O/c1-3-12-31-26-34(21-19-29(31)10-1)45-50-46(35-22-20-30-11-2-4-13-32(30)27-35)52-47(51-45)40-24-23-39(44-43(40)41-18-9-25-49-48(41)53-44)42-28-33-14-5-6-15-36(33)37-16-7-8-17-38(37)42/h1-28H. The molecular formula is C48H28N4O. The summed E-state index contributed by atoms with van der Waals surface area (Å²) >= 11 is 0. The summed E-state index contributed by atoms with van der Waals surface area (Å²) in [6, 6.07) is 57.1. The van der Waals surface area contributed by atoms with Crippen molar-refractivity contribution in [2.24, 2.45) is 0 Å². The zero-order chi connectivity index (χ0) is 34.9. The number of benzene rings is 8. The maximum Gasteiger partial charge on any atom is 0.227 e. The topological polar surface area (TPSA) is 64.7 Å². The molecule has 0 N–H and O–H groups in total. The highest BCUT2D eigenvalue weighted by molar-refractivity contribution is 6.20. The fourth-order valence-electron chi connectivity index (χ4n) is 7.80. The number of hydrogen-bond acceptors (Lipinski definition) is 5. The third-order valence-electron chi connectivity index (χ3n) is 10.3. The highest BCUT2D eigenvalue weighted by Crippen LogP contribution is 2.44. The second-order valence-corrected chi connectivity index (χ2v) is 13.4. The van der Waals surface area contributed by atoms with Gasteiger partial charge in [0.1, 0.15) is 5.58 Å². The molecule has 5 nitrogen and oxygen atoms in total. The van der Waals surface area contributed by atoms with Crippen molar-refractivity contribution >= 4 is 65.2 Å². The molecule has 0 aliphatic heterocycles. The molecule has 53 heavy (non-hydrogen) atoms. The van der Waals surface area contributed by atoms with Crippen LogP contribution in [0.4, 0.5) is 0 Å². The summed E-state index contributed by atoms with van der Waals surface area (Å²) < 4.78 is 6.70. The Kier molecular flexibility index (Phi) is 6.48. The van der Waals surface area contributed by atoms with Gasteiger partial charge in [0, 0.05) is 39.2 Å². The van der Waals surface area contributed by atoms with Gasteiger partial charge in [0.2, 0.25) is 5.71 Å². The molecule has 0 saturated carbocycles. The molecule has 0 saturated heterocycles. The zero-order valence-electron chi connectivity index (χ0n) is 28.4. The summed E-state index contributed by atoms with van der Waals surface area (Å²) in [6.07, 6.45) is 1.77. The molecule has 5 heteroatoms. The fourth-order valence-corrected chi connectivity index (χ4v) is 7.80. The smallest absolute Gasteiger partial charge is 0.227 e. The van der Waals surface area contributed by atoms with Crippen LogP contribution in [0.5, 0.6) is 0 Å². The molecule has 0 unspecified atom stereocenters. The molecule has 11 rings (SSSR count). The Morgan fingerprint density at radius 2 is 0.906 bits per heavy atom. The number of aromatic nitrogens is 4. The van der Waals surface area contributed by atoms with Crippen LogP contribution in [0.1, 0.15) is 0 Å². The van der Waals surface area contributed by atoms with E-state index in [0.29, 0.717) is 23.2 Å². The Bertz CT molecular complexity index is 3160. The van der Waals surface area contributed by atoms with E-state index in [2.05, 4.69) is 163 Å². The minimum atomic E-state index is 0.567. The van der Waals surface area contributed by atoms with E-state index in [0.717, 1.165) is 71.1 Å². The Balaban J connectivity index is 1.19. The molecule has 3 aromatic heterocycles. The van der Waals surface area contributed by atoms with Gasteiger partial charge in [0.25, 0.3) is 0 Å². The second kappa shape index (κ2) is 11.7. The molecule has 0 radical (unpaired) electrons. The molecule has 3 heterocycles. The van der Waals surface area contributed by atoms with Gasteiger partial charge in [0.05, 0.1) is 0 Å². The minimum Gasteiger partial charge on any atom is -0.437 e. The molecule has 0 aliphatic rings. The molecule has 0 fully saturated rings. The molecule has 8 aromatic carbocycles. The predicted octanol–water partition coefficient (Wildman–Crippen LogP) is 12.4. The maximum atomic E-state index is 6.70. The van der Waals surface area contributed by atoms with Gasteiger partial charge in [-0.25, -0.2) is 19.9 Å². The fraction of sp³-hybridized carbons (Fsp3) is 0. The van der Waals surface area contributed by atoms with Crippen molar-refractivity contribution in [1.29, 1.82) is 0 Å². The highest BCUT2D eigenvalue weighted by atomic mass is 16.3. The van der Waals surface area contributed by atoms with E-state index in [4.69, 9.17) is 19.4 Å². The maximum absolute atomic E-state index is 6.70. The van der Waals surface area contributed by atoms with Crippen molar-refractivity contribution < 1.29 is 4.42 Å². The molecular weight excluding hydrogens is 649 g/mol. The van der Waals surface area contributed by atoms with Crippen LogP contribution in [0, 0.1) is 0 Å². The Morgan fingerprint density at radius 1 is 0.358 bits per heavy atom. The van der Waals surface area contributed by atoms with Crippen LogP contribution in [0.25, 0.3) is 110 Å². The van der Waals surface area contributed by atoms with Gasteiger partial charge in [-0.15, -0.1) is 0 Å². The monoisotopic (exact) mass is 676 g/mol. The summed E-state index contributed by atoms with van der Waals surface area (Å²) in [7, 11) is 0. The molecule has 0 amide bonds. The normalized spacial score (nSPS) is 11.8. The Labute approximate surface area is 303 Å². The van der Waals surface area contributed by atoms with E-state index in [-0.39, 0.29) is 0 Å². The van der Waals surface area contributed by atoms with Gasteiger partial charge in [-0.3, -0.25) is 0 Å². The first kappa shape index (κ1) is 29.5. The average Bonchev–Trinajstić information content (AvgIpc) is 3.62. The first-order valence-electron chi connectivity index (χ1n) is 17.7. The van der Waals surface area contributed by atoms with Crippen molar-refractivity contribution in [2.45, 2.75) is 0 Å². The number of furan rings is 1. The van der Waals surface area contributed by atoms with Crippen molar-refractivity contribution in [3.8, 4) is 45.3 Å². The minimum absolute atomic E-state index is 0.567. The summed E-state index contributed by atoms with van der Waals surface area (Å²) in [5.41, 5.74) is 6.09. The van der Waals surface area contributed by atoms with Crippen LogP contribution in [-0.2, 0) is 0 Å². The van der Waals surface area contributed by atoms with Crippen molar-refractivity contribution in [2.75, 3.05) is 0 Å². The number of fused-ring (bicyclic) bond motifs is 8. The molecule has 0 atom stereocenters. The van der Waals surface area contributed by atoms with Crippen LogP contribution in [0.15, 0.2) is 174 Å². The first-order chi connectivity index (χ1) is 26.2. The lowest BCUT2D eigenvalue weighted by Gasteiger charge is -2.13. The van der Waals surface area contributed by atoms with Crippen LogP contribution >= 0.6 is 0 Å². The van der Waals surface area contributed by atoms with Crippen molar-refractivity contribution in [3.63, 3.8) is 0 Å². The Hall–Kier alpha value is -7.24. The van der Waals surface area contributed by atoms with Gasteiger partial charge >= 0.3 is 0 Å². The summed E-state index contributed by atoms with van der Waals surface area (Å²) in [4.78, 5) is 20.2. The summed E-state index contributed by atoms with van der Waals surface area (Å²) in [5.74, 6) is 1.78. The van der Waals surface area contributed by atoms with Gasteiger partial charge in [-0.05, 0) is 91.1 Å². The molecule has 246 valence electrons. The van der Waals surface area contributed by atoms with Gasteiger partial charge in [-0.2, -0.15) is 0 Å². The quantitative estimate of drug-likeness (QED) is 0.174. The van der Waals surface area contributed by atoms with Gasteiger partial charge < -0.3 is 4.42 Å². The molecule has 0 spiro atoms. The summed E-state index contributed by atoms with van der Waals surface area (Å²) in [5, 5.41) is 11.2. The highest BCUT2D eigenvalue weighted by Gasteiger charge is 2.22. The van der Waals surface area contributed by atoms with Gasteiger partial charge in [-0.1, -0.05) is 121 Å². The zero-order valence-corrected chi connectivity index (χ0v) is 28.4. The van der Waals surface area contributed by atoms with E-state index >= 15 is 0 Å². The van der Waals surface area contributed by atoms with Crippen LogP contribution in [0.3, 0.4) is 0 Å². The van der Waals surface area contributed by atoms with Crippen LogP contribution < -0.4 is 0 Å². The third-order valence-corrected chi connectivity index (χ3v) is 10.3. The lowest BCUT2D eigenvalue weighted by molar-refractivity contribution is 0.655. The lowest BCUT2D eigenvalue weighted by Crippen LogP contribution is -2.01. The van der Waals surface area contributed by atoms with Crippen LogP contribution in [-0.4, -0.2) is 19.9 Å². The molecule has 11 aromatic rings. The Morgan fingerprint density at radius 3 is 1.60 bits per heavy atom. The summed E-state index contributed by atoms with van der Waals surface area (Å²) in [6.45, 7) is 0. The number of pyridine rings is 1. The number of nitrogens with zero attached hydrogens (tertiary/aromatic N) is 4. The number of rotatable bonds is 4. The van der Waals surface area contributed by atoms with E-state index in [1.54, 1.807) is 6.20 Å².